The van der Waals surface area contributed by atoms with Crippen LogP contribution in [-0.4, -0.2) is 27.5 Å². The van der Waals surface area contributed by atoms with Gasteiger partial charge in [0.1, 0.15) is 11.6 Å². The molecule has 0 saturated carbocycles. The summed E-state index contributed by atoms with van der Waals surface area (Å²) in [5, 5.41) is 17.5. The number of nitrogens with one attached hydrogen (secondary N) is 1. The van der Waals surface area contributed by atoms with Crippen molar-refractivity contribution >= 4 is 0 Å². The quantitative estimate of drug-likeness (QED) is 0.862. The van der Waals surface area contributed by atoms with Gasteiger partial charge in [-0.05, 0) is 32.4 Å². The van der Waals surface area contributed by atoms with Gasteiger partial charge >= 0.3 is 0 Å². The lowest BCUT2D eigenvalue weighted by atomic mass is 10.1. The first-order valence-electron chi connectivity index (χ1n) is 7.25. The van der Waals surface area contributed by atoms with E-state index in [1.54, 1.807) is 6.20 Å². The van der Waals surface area contributed by atoms with Gasteiger partial charge in [0.25, 0.3) is 0 Å². The van der Waals surface area contributed by atoms with Crippen LogP contribution in [0.1, 0.15) is 37.1 Å². The summed E-state index contributed by atoms with van der Waals surface area (Å²) >= 11 is 0. The van der Waals surface area contributed by atoms with Crippen LogP contribution < -0.4 is 5.32 Å². The summed E-state index contributed by atoms with van der Waals surface area (Å²) in [5.41, 5.74) is 1.16. The third-order valence-electron chi connectivity index (χ3n) is 3.83. The zero-order valence-electron chi connectivity index (χ0n) is 12.9. The summed E-state index contributed by atoms with van der Waals surface area (Å²) in [6, 6.07) is 3.29. The molecule has 2 rings (SSSR count). The van der Waals surface area contributed by atoms with Gasteiger partial charge in [-0.25, -0.2) is 8.78 Å². The lowest BCUT2D eigenvalue weighted by Crippen LogP contribution is -2.36. The molecule has 0 saturated heterocycles. The average molecular weight is 309 g/mol. The van der Waals surface area contributed by atoms with E-state index in [1.807, 2.05) is 31.6 Å². The number of benzene rings is 1. The van der Waals surface area contributed by atoms with Crippen molar-refractivity contribution in [3.05, 3.63) is 53.4 Å². The van der Waals surface area contributed by atoms with Crippen LogP contribution in [0.15, 0.2) is 30.6 Å². The number of rotatable bonds is 6. The molecule has 0 unspecified atom stereocenters. The molecule has 0 aliphatic rings. The van der Waals surface area contributed by atoms with Crippen LogP contribution in [-0.2, 0) is 0 Å². The zero-order chi connectivity index (χ0) is 16.3. The van der Waals surface area contributed by atoms with Crippen molar-refractivity contribution in [3.8, 4) is 0 Å². The van der Waals surface area contributed by atoms with Crippen molar-refractivity contribution in [2.24, 2.45) is 0 Å². The molecule has 1 heterocycles. The Morgan fingerprint density at radius 3 is 2.64 bits per heavy atom. The molecule has 0 aliphatic heterocycles. The van der Waals surface area contributed by atoms with Crippen molar-refractivity contribution in [3.63, 3.8) is 0 Å². The van der Waals surface area contributed by atoms with Crippen molar-refractivity contribution in [1.29, 1.82) is 0 Å². The summed E-state index contributed by atoms with van der Waals surface area (Å²) in [6.45, 7) is 6.12. The fraction of sp³-hybridized carbons (Fsp3) is 0.438. The van der Waals surface area contributed by atoms with Crippen LogP contribution in [0.3, 0.4) is 0 Å². The molecule has 3 atom stereocenters. The van der Waals surface area contributed by atoms with Gasteiger partial charge in [0.2, 0.25) is 0 Å². The summed E-state index contributed by atoms with van der Waals surface area (Å²) in [5.74, 6) is -1.39. The first-order valence-corrected chi connectivity index (χ1v) is 7.25. The monoisotopic (exact) mass is 309 g/mol. The van der Waals surface area contributed by atoms with Gasteiger partial charge in [-0.1, -0.05) is 6.07 Å². The number of halogens is 2. The lowest BCUT2D eigenvalue weighted by Gasteiger charge is -2.23. The van der Waals surface area contributed by atoms with Crippen molar-refractivity contribution in [1.82, 2.24) is 15.1 Å². The van der Waals surface area contributed by atoms with E-state index in [-0.39, 0.29) is 24.2 Å². The van der Waals surface area contributed by atoms with Crippen molar-refractivity contribution in [2.75, 3.05) is 6.54 Å². The maximum atomic E-state index is 13.6. The number of hydrogen-bond donors (Lipinski definition) is 2. The van der Waals surface area contributed by atoms with Gasteiger partial charge in [-0.2, -0.15) is 5.10 Å². The Kier molecular flexibility index (Phi) is 5.26. The topological polar surface area (TPSA) is 50.1 Å². The molecule has 0 amide bonds. The minimum atomic E-state index is -1.03. The van der Waals surface area contributed by atoms with E-state index in [0.717, 1.165) is 17.7 Å². The molecular weight excluding hydrogens is 288 g/mol. The third kappa shape index (κ3) is 3.90. The highest BCUT2D eigenvalue weighted by Crippen LogP contribution is 2.18. The van der Waals surface area contributed by atoms with Gasteiger partial charge in [0.15, 0.2) is 0 Å². The molecule has 0 spiro atoms. The Labute approximate surface area is 128 Å². The van der Waals surface area contributed by atoms with Crippen LogP contribution in [0.25, 0.3) is 0 Å². The molecule has 6 heteroatoms. The van der Waals surface area contributed by atoms with E-state index in [9.17, 15) is 13.9 Å². The molecule has 0 fully saturated rings. The molecule has 2 N–H and O–H groups in total. The van der Waals surface area contributed by atoms with Crippen LogP contribution in [0.4, 0.5) is 8.78 Å². The molecule has 1 aromatic carbocycles. The van der Waals surface area contributed by atoms with Crippen LogP contribution in [0.2, 0.25) is 0 Å². The highest BCUT2D eigenvalue weighted by molar-refractivity contribution is 5.21. The Morgan fingerprint density at radius 2 is 2.05 bits per heavy atom. The molecule has 1 aromatic heterocycles. The van der Waals surface area contributed by atoms with E-state index in [0.29, 0.717) is 0 Å². The Balaban J connectivity index is 1.94. The molecule has 0 aliphatic carbocycles. The highest BCUT2D eigenvalue weighted by atomic mass is 19.1. The second kappa shape index (κ2) is 6.98. The minimum absolute atomic E-state index is 0.0254. The first-order chi connectivity index (χ1) is 10.4. The summed E-state index contributed by atoms with van der Waals surface area (Å²) in [7, 11) is 0. The number of aryl methyl sites for hydroxylation is 1. The van der Waals surface area contributed by atoms with E-state index in [2.05, 4.69) is 10.4 Å². The van der Waals surface area contributed by atoms with Crippen LogP contribution in [0.5, 0.6) is 0 Å². The number of nitrogens with zero attached hydrogens (tertiary/aromatic N) is 2. The molecule has 0 bridgehead atoms. The standard InChI is InChI=1S/C16H21F2N3O/c1-10-7-20-21(9-10)12(3)11(2)19-8-16(22)14-5-4-13(17)6-15(14)18/h4-7,9,11-12,16,19,22H,8H2,1-3H3/t11-,12-,16+/m1/s1. The maximum absolute atomic E-state index is 13.6. The second-order valence-electron chi connectivity index (χ2n) is 5.62. The number of aromatic nitrogens is 2. The zero-order valence-corrected chi connectivity index (χ0v) is 12.9. The molecular formula is C16H21F2N3O. The Hall–Kier alpha value is -1.79. The molecule has 120 valence electrons. The SMILES string of the molecule is Cc1cnn([C@H](C)[C@@H](C)NC[C@H](O)c2ccc(F)cc2F)c1. The summed E-state index contributed by atoms with van der Waals surface area (Å²) < 4.78 is 28.3. The van der Waals surface area contributed by atoms with Crippen molar-refractivity contribution < 1.29 is 13.9 Å². The largest absolute Gasteiger partial charge is 0.387 e. The van der Waals surface area contributed by atoms with E-state index >= 15 is 0 Å². The number of hydrogen-bond acceptors (Lipinski definition) is 3. The Morgan fingerprint density at radius 1 is 1.32 bits per heavy atom. The minimum Gasteiger partial charge on any atom is -0.387 e. The van der Waals surface area contributed by atoms with E-state index in [4.69, 9.17) is 0 Å². The predicted molar refractivity (Wildman–Crippen MR) is 80.5 cm³/mol. The number of aliphatic hydroxyl groups excluding tert-OH is 1. The van der Waals surface area contributed by atoms with Crippen LogP contribution >= 0.6 is 0 Å². The molecule has 2 aromatic rings. The van der Waals surface area contributed by atoms with Gasteiger partial charge in [0, 0.05) is 30.4 Å². The highest BCUT2D eigenvalue weighted by Gasteiger charge is 2.18. The summed E-state index contributed by atoms with van der Waals surface area (Å²) in [6.07, 6.45) is 2.69. The fourth-order valence-electron chi connectivity index (χ4n) is 2.23. The molecule has 4 nitrogen and oxygen atoms in total. The second-order valence-corrected chi connectivity index (χ2v) is 5.62. The van der Waals surface area contributed by atoms with Crippen molar-refractivity contribution in [2.45, 2.75) is 39.0 Å². The van der Waals surface area contributed by atoms with Gasteiger partial charge in [-0.3, -0.25) is 4.68 Å². The normalized spacial score (nSPS) is 15.5. The van der Waals surface area contributed by atoms with E-state index in [1.165, 1.54) is 6.07 Å². The molecule has 22 heavy (non-hydrogen) atoms. The smallest absolute Gasteiger partial charge is 0.131 e. The van der Waals surface area contributed by atoms with Gasteiger partial charge < -0.3 is 10.4 Å². The first kappa shape index (κ1) is 16.6. The lowest BCUT2D eigenvalue weighted by molar-refractivity contribution is 0.161. The third-order valence-corrected chi connectivity index (χ3v) is 3.83. The van der Waals surface area contributed by atoms with Crippen LogP contribution in [0, 0.1) is 18.6 Å². The maximum Gasteiger partial charge on any atom is 0.131 e. The molecule has 0 radical (unpaired) electrons. The van der Waals surface area contributed by atoms with Gasteiger partial charge in [0.05, 0.1) is 18.3 Å². The van der Waals surface area contributed by atoms with Gasteiger partial charge in [-0.15, -0.1) is 0 Å². The average Bonchev–Trinajstić information content (AvgIpc) is 2.90. The number of aliphatic hydroxyl groups is 1. The summed E-state index contributed by atoms with van der Waals surface area (Å²) in [4.78, 5) is 0. The fourth-order valence-corrected chi connectivity index (χ4v) is 2.23. The van der Waals surface area contributed by atoms with E-state index < -0.39 is 17.7 Å². The predicted octanol–water partition coefficient (Wildman–Crippen LogP) is 2.74. The Bertz CT molecular complexity index is 630.